The summed E-state index contributed by atoms with van der Waals surface area (Å²) in [6, 6.07) is 25.5. The van der Waals surface area contributed by atoms with Gasteiger partial charge < -0.3 is 14.6 Å². The lowest BCUT2D eigenvalue weighted by Crippen LogP contribution is -2.26. The number of hydrogen-bond acceptors (Lipinski definition) is 11. The van der Waals surface area contributed by atoms with Crippen molar-refractivity contribution in [2.45, 2.75) is 19.8 Å². The second kappa shape index (κ2) is 14.3. The number of nitro benzene ring substituents is 3. The number of aromatic hydroxyl groups is 1. The van der Waals surface area contributed by atoms with Crippen LogP contribution in [0.25, 0.3) is 11.4 Å². The molecule has 4 aromatic carbocycles. The molecule has 18 nitrogen and oxygen atoms in total. The Morgan fingerprint density at radius 3 is 1.56 bits per heavy atom. The van der Waals surface area contributed by atoms with Gasteiger partial charge in [-0.05, 0) is 44.2 Å². The monoisotopic (exact) mass is 737 g/mol. The van der Waals surface area contributed by atoms with Gasteiger partial charge in [-0.15, -0.1) is 0 Å². The molecule has 7 rings (SSSR count). The molecule has 0 unspecified atom stereocenters. The lowest BCUT2D eigenvalue weighted by molar-refractivity contribution is -0.404. The first kappa shape index (κ1) is 36.3. The van der Waals surface area contributed by atoms with Crippen LogP contribution in [0, 0.1) is 44.2 Å². The smallest absolute Gasteiger partial charge is 0.324 e. The molecule has 276 valence electrons. The molecule has 0 bridgehead atoms. The molecule has 0 fully saturated rings. The Morgan fingerprint density at radius 1 is 0.667 bits per heavy atom. The summed E-state index contributed by atoms with van der Waals surface area (Å²) in [5, 5.41) is 40.2. The normalized spacial score (nSPS) is 11.6. The molecule has 6 aromatic rings. The van der Waals surface area contributed by atoms with Crippen LogP contribution in [0.1, 0.15) is 34.0 Å². The summed E-state index contributed by atoms with van der Waals surface area (Å²) >= 11 is 0. The van der Waals surface area contributed by atoms with Crippen molar-refractivity contribution in [1.82, 2.24) is 18.7 Å². The van der Waals surface area contributed by atoms with Crippen molar-refractivity contribution in [2.24, 2.45) is 14.1 Å². The molecule has 0 atom stereocenters. The van der Waals surface area contributed by atoms with E-state index < -0.39 is 43.5 Å². The molecule has 0 amide bonds. The molecule has 0 aliphatic carbocycles. The van der Waals surface area contributed by atoms with Gasteiger partial charge in [0.05, 0.1) is 55.3 Å². The number of benzene rings is 4. The van der Waals surface area contributed by atoms with Crippen molar-refractivity contribution in [3.8, 4) is 28.6 Å². The van der Waals surface area contributed by atoms with Gasteiger partial charge in [-0.3, -0.25) is 49.3 Å². The first-order chi connectivity index (χ1) is 25.7. The summed E-state index contributed by atoms with van der Waals surface area (Å²) < 4.78 is 18.6. The van der Waals surface area contributed by atoms with Crippen LogP contribution in [0.15, 0.2) is 101 Å². The highest BCUT2D eigenvalue weighted by atomic mass is 16.7. The van der Waals surface area contributed by atoms with Gasteiger partial charge in [0.15, 0.2) is 11.5 Å². The van der Waals surface area contributed by atoms with Gasteiger partial charge in [0.1, 0.15) is 0 Å². The predicted octanol–water partition coefficient (Wildman–Crippen LogP) is 5.31. The second-order valence-corrected chi connectivity index (χ2v) is 12.1. The van der Waals surface area contributed by atoms with E-state index in [9.17, 15) is 39.9 Å². The third kappa shape index (κ3) is 6.20. The van der Waals surface area contributed by atoms with E-state index in [0.717, 1.165) is 28.3 Å². The summed E-state index contributed by atoms with van der Waals surface area (Å²) in [6.07, 6.45) is 0. The highest BCUT2D eigenvalue weighted by Crippen LogP contribution is 2.44. The third-order valence-electron chi connectivity index (χ3n) is 9.17. The molecule has 3 heterocycles. The van der Waals surface area contributed by atoms with E-state index in [1.54, 1.807) is 9.36 Å². The summed E-state index contributed by atoms with van der Waals surface area (Å²) in [6.45, 7) is 3.92. The number of rotatable bonds is 8. The zero-order valence-corrected chi connectivity index (χ0v) is 29.1. The lowest BCUT2D eigenvalue weighted by Gasteiger charge is -2.18. The number of ether oxygens (including phenoxy) is 2. The molecule has 0 radical (unpaired) electrons. The first-order valence-corrected chi connectivity index (χ1v) is 16.1. The van der Waals surface area contributed by atoms with Crippen molar-refractivity contribution in [1.29, 1.82) is 0 Å². The Hall–Kier alpha value is -7.50. The van der Waals surface area contributed by atoms with Crippen LogP contribution < -0.4 is 20.6 Å². The fourth-order valence-corrected chi connectivity index (χ4v) is 6.45. The van der Waals surface area contributed by atoms with E-state index in [2.05, 4.69) is 0 Å². The van der Waals surface area contributed by atoms with E-state index in [0.29, 0.717) is 34.8 Å². The molecule has 0 saturated carbocycles. The summed E-state index contributed by atoms with van der Waals surface area (Å²) in [4.78, 5) is 56.2. The van der Waals surface area contributed by atoms with Crippen molar-refractivity contribution < 1.29 is 29.4 Å². The van der Waals surface area contributed by atoms with Gasteiger partial charge >= 0.3 is 11.4 Å². The average Bonchev–Trinajstić information content (AvgIpc) is 3.79. The molecular weight excluding hydrogens is 706 g/mol. The number of nitrogens with zero attached hydrogens (tertiary/aromatic N) is 7. The van der Waals surface area contributed by atoms with Crippen molar-refractivity contribution in [3.05, 3.63) is 170 Å². The Kier molecular flexibility index (Phi) is 9.58. The summed E-state index contributed by atoms with van der Waals surface area (Å²) in [5.41, 5.74) is 1.39. The lowest BCUT2D eigenvalue weighted by atomic mass is 9.84. The molecule has 1 N–H and O–H groups in total. The highest BCUT2D eigenvalue weighted by Gasteiger charge is 2.36. The van der Waals surface area contributed by atoms with Crippen LogP contribution in [0.2, 0.25) is 0 Å². The fourth-order valence-electron chi connectivity index (χ4n) is 6.45. The number of para-hydroxylation sites is 3. The van der Waals surface area contributed by atoms with Gasteiger partial charge in [0, 0.05) is 31.0 Å². The Balaban J connectivity index is 0.000000262. The minimum Gasteiger partial charge on any atom is -0.497 e. The predicted molar refractivity (Wildman–Crippen MR) is 193 cm³/mol. The number of non-ortho nitro benzene ring substituents is 1. The van der Waals surface area contributed by atoms with Crippen LogP contribution >= 0.6 is 0 Å². The Morgan fingerprint density at radius 2 is 1.13 bits per heavy atom. The molecule has 54 heavy (non-hydrogen) atoms. The van der Waals surface area contributed by atoms with E-state index in [1.807, 2.05) is 116 Å². The second-order valence-electron chi connectivity index (χ2n) is 12.1. The van der Waals surface area contributed by atoms with Gasteiger partial charge in [0.25, 0.3) is 22.6 Å². The first-order valence-electron chi connectivity index (χ1n) is 16.1. The number of phenolic OH excluding ortho intramolecular Hbond substituents is 1. The van der Waals surface area contributed by atoms with Gasteiger partial charge in [0.2, 0.25) is 6.79 Å². The molecule has 1 aliphatic rings. The molecule has 0 saturated heterocycles. The zero-order chi connectivity index (χ0) is 39.0. The highest BCUT2D eigenvalue weighted by molar-refractivity contribution is 5.64. The van der Waals surface area contributed by atoms with E-state index in [-0.39, 0.29) is 17.9 Å². The van der Waals surface area contributed by atoms with Crippen LogP contribution in [-0.4, -0.2) is 45.4 Å². The standard InChI is InChI=1S/C30H28N4O4.C6H3N3O7/c1-19-25(29(35)33(31(19)3)21-12-7-5-8-13-21)27(23-16-11-17-24-28(23)38-18-37-24)26-20(2)32(4)34(30(26)36)22-14-9-6-10-15-22;10-6-4(8(13)14)1-3(7(11)12)2-5(6)9(15)16/h5-17,27H,18H2,1-4H3;1-2,10H. The van der Waals surface area contributed by atoms with Gasteiger partial charge in [-0.2, -0.15) is 0 Å². The molecule has 0 spiro atoms. The van der Waals surface area contributed by atoms with Crippen LogP contribution in [-0.2, 0) is 14.1 Å². The Labute approximate surface area is 304 Å². The number of nitro groups is 3. The average molecular weight is 738 g/mol. The van der Waals surface area contributed by atoms with Crippen LogP contribution in [0.4, 0.5) is 17.1 Å². The number of hydrogen-bond donors (Lipinski definition) is 1. The van der Waals surface area contributed by atoms with Crippen LogP contribution in [0.3, 0.4) is 0 Å². The maximum absolute atomic E-state index is 14.2. The number of aromatic nitrogens is 4. The van der Waals surface area contributed by atoms with Gasteiger partial charge in [-0.25, -0.2) is 9.36 Å². The van der Waals surface area contributed by atoms with Gasteiger partial charge in [-0.1, -0.05) is 48.5 Å². The van der Waals surface area contributed by atoms with Crippen LogP contribution in [0.5, 0.6) is 17.2 Å². The van der Waals surface area contributed by atoms with E-state index in [1.165, 1.54) is 0 Å². The topological polar surface area (TPSA) is 222 Å². The largest absolute Gasteiger partial charge is 0.497 e. The number of fused-ring (bicyclic) bond motifs is 1. The van der Waals surface area contributed by atoms with E-state index in [4.69, 9.17) is 14.6 Å². The van der Waals surface area contributed by atoms with Crippen molar-refractivity contribution >= 4 is 17.1 Å². The number of phenols is 1. The summed E-state index contributed by atoms with van der Waals surface area (Å²) in [5.74, 6) is -0.735. The minimum absolute atomic E-state index is 0.0864. The molecule has 1 aliphatic heterocycles. The fraction of sp³-hybridized carbons (Fsp3) is 0.167. The zero-order valence-electron chi connectivity index (χ0n) is 29.1. The third-order valence-corrected chi connectivity index (χ3v) is 9.17. The van der Waals surface area contributed by atoms with E-state index >= 15 is 0 Å². The minimum atomic E-state index is -1.21. The Bertz CT molecular complexity index is 2430. The molecule has 18 heteroatoms. The SMILES string of the molecule is Cc1c(C(c2cccc3c2OCO3)c2c(C)n(C)n(-c3ccccc3)c2=O)c(=O)n(-c2ccccc2)n1C.O=[N+]([O-])c1cc([N+](=O)[O-])c(O)c([N+](=O)[O-])c1. The maximum Gasteiger partial charge on any atom is 0.324 e. The summed E-state index contributed by atoms with van der Waals surface area (Å²) in [7, 11) is 3.72. The molecular formula is C36H31N7O11. The maximum atomic E-state index is 14.2. The molecule has 2 aromatic heterocycles. The van der Waals surface area contributed by atoms with Crippen molar-refractivity contribution in [2.75, 3.05) is 6.79 Å². The quantitative estimate of drug-likeness (QED) is 0.156. The van der Waals surface area contributed by atoms with Crippen molar-refractivity contribution in [3.63, 3.8) is 0 Å².